The van der Waals surface area contributed by atoms with Gasteiger partial charge in [-0.25, -0.2) is 22.3 Å². The molecule has 2 aromatic carbocycles. The molecule has 0 radical (unpaired) electrons. The van der Waals surface area contributed by atoms with Gasteiger partial charge in [0.05, 0.1) is 34.0 Å². The zero-order valence-corrected chi connectivity index (χ0v) is 36.0. The number of aryl methyl sites for hydroxylation is 2. The van der Waals surface area contributed by atoms with E-state index in [1.807, 2.05) is 26.0 Å². The maximum absolute atomic E-state index is 15.2. The number of benzene rings is 2. The van der Waals surface area contributed by atoms with Gasteiger partial charge in [-0.3, -0.25) is 0 Å². The van der Waals surface area contributed by atoms with Crippen LogP contribution < -0.4 is 15.6 Å². The SMILES string of the molecule is CCC(c1cccc(N(c2cccc(C(c3c(O)c4c(oc3=O)CCCCCC4)C3CC3)c2)S(=O)(=O)C2C=CC(C#N)(CC)C=C2)c1)c1c(O)c2c(oc1=O)CCCCCC2. The van der Waals surface area contributed by atoms with Crippen molar-refractivity contribution in [1.29, 1.82) is 5.26 Å². The standard InChI is InChI=1S/C50H56N2O8S/c1-3-38(44-46(53)39-19-9-5-7-11-21-41(39)59-48(44)55)33-15-13-17-35(29-33)52(61(57,58)37-25-27-50(4-2,31-51)28-26-37)36-18-14-16-34(30-36)43(32-23-24-32)45-47(54)40-20-10-6-8-12-22-42(40)60-49(45)56/h13-18,25-30,32,37-38,43,53-54H,3-12,19-24H2,1-2H3. The number of rotatable bonds is 11. The van der Waals surface area contributed by atoms with Gasteiger partial charge in [-0.05, 0) is 106 Å². The van der Waals surface area contributed by atoms with Crippen molar-refractivity contribution in [1.82, 2.24) is 0 Å². The number of fused-ring (bicyclic) bond motifs is 2. The van der Waals surface area contributed by atoms with Gasteiger partial charge < -0.3 is 19.0 Å². The van der Waals surface area contributed by atoms with Gasteiger partial charge in [-0.15, -0.1) is 0 Å². The van der Waals surface area contributed by atoms with Gasteiger partial charge in [0.1, 0.15) is 28.3 Å². The van der Waals surface area contributed by atoms with Gasteiger partial charge in [0.15, 0.2) is 0 Å². The van der Waals surface area contributed by atoms with Crippen LogP contribution in [0.5, 0.6) is 11.5 Å². The van der Waals surface area contributed by atoms with Gasteiger partial charge in [0.2, 0.25) is 10.0 Å². The first kappa shape index (κ1) is 42.4. The second kappa shape index (κ2) is 17.6. The van der Waals surface area contributed by atoms with Gasteiger partial charge in [-0.1, -0.05) is 88.1 Å². The molecular weight excluding hydrogens is 789 g/mol. The number of hydrogen-bond acceptors (Lipinski definition) is 9. The molecule has 8 rings (SSSR count). The maximum atomic E-state index is 15.2. The predicted octanol–water partition coefficient (Wildman–Crippen LogP) is 10.3. The zero-order chi connectivity index (χ0) is 42.9. The quantitative estimate of drug-likeness (QED) is 0.140. The average molecular weight is 845 g/mol. The van der Waals surface area contributed by atoms with Crippen molar-refractivity contribution in [2.45, 2.75) is 134 Å². The first-order chi connectivity index (χ1) is 29.5. The smallest absolute Gasteiger partial charge is 0.343 e. The molecule has 4 aliphatic carbocycles. The summed E-state index contributed by atoms with van der Waals surface area (Å²) in [5.41, 5.74) is 1.65. The lowest BCUT2D eigenvalue weighted by Gasteiger charge is -2.31. The Bertz CT molecular complexity index is 2610. The van der Waals surface area contributed by atoms with E-state index in [1.54, 1.807) is 60.7 Å². The van der Waals surface area contributed by atoms with Crippen LogP contribution in [-0.2, 0) is 35.7 Å². The Morgan fingerprint density at radius 3 is 1.79 bits per heavy atom. The third-order valence-electron chi connectivity index (χ3n) is 13.5. The van der Waals surface area contributed by atoms with E-state index in [9.17, 15) is 25.1 Å². The van der Waals surface area contributed by atoms with Crippen molar-refractivity contribution in [2.75, 3.05) is 4.31 Å². The molecule has 0 amide bonds. The normalized spacial score (nSPS) is 21.4. The second-order valence-corrected chi connectivity index (χ2v) is 19.3. The van der Waals surface area contributed by atoms with Crippen LogP contribution in [0.2, 0.25) is 0 Å². The number of anilines is 2. The summed E-state index contributed by atoms with van der Waals surface area (Å²) in [7, 11) is -4.30. The van der Waals surface area contributed by atoms with Crippen molar-refractivity contribution in [3.63, 3.8) is 0 Å². The molecule has 11 heteroatoms. The minimum atomic E-state index is -4.30. The Labute approximate surface area is 358 Å². The molecule has 0 bridgehead atoms. The van der Waals surface area contributed by atoms with Crippen LogP contribution in [0.25, 0.3) is 0 Å². The number of sulfonamides is 1. The van der Waals surface area contributed by atoms with Crippen molar-refractivity contribution in [3.05, 3.63) is 139 Å². The molecule has 0 aliphatic heterocycles. The molecule has 1 fully saturated rings. The monoisotopic (exact) mass is 844 g/mol. The van der Waals surface area contributed by atoms with E-state index >= 15 is 8.42 Å². The third kappa shape index (κ3) is 8.24. The summed E-state index contributed by atoms with van der Waals surface area (Å²) < 4.78 is 43.6. The molecule has 0 saturated heterocycles. The van der Waals surface area contributed by atoms with Crippen molar-refractivity contribution in [3.8, 4) is 17.6 Å². The van der Waals surface area contributed by atoms with E-state index in [4.69, 9.17) is 8.83 Å². The van der Waals surface area contributed by atoms with Crippen LogP contribution in [-0.4, -0.2) is 23.9 Å². The summed E-state index contributed by atoms with van der Waals surface area (Å²) in [6.45, 7) is 3.80. The highest BCUT2D eigenvalue weighted by Crippen LogP contribution is 2.50. The topological polar surface area (TPSA) is 162 Å². The molecule has 2 unspecified atom stereocenters. The number of nitrogens with zero attached hydrogens (tertiary/aromatic N) is 2. The highest BCUT2D eigenvalue weighted by Gasteiger charge is 2.40. The van der Waals surface area contributed by atoms with E-state index in [0.717, 1.165) is 64.2 Å². The van der Waals surface area contributed by atoms with Gasteiger partial charge in [0, 0.05) is 35.8 Å². The number of nitriles is 1. The molecule has 2 N–H and O–H groups in total. The molecule has 2 atom stereocenters. The maximum Gasteiger partial charge on any atom is 0.343 e. The van der Waals surface area contributed by atoms with Crippen LogP contribution >= 0.6 is 0 Å². The highest BCUT2D eigenvalue weighted by molar-refractivity contribution is 7.94. The molecular formula is C50H56N2O8S. The lowest BCUT2D eigenvalue weighted by molar-refractivity contribution is 0.382. The molecule has 320 valence electrons. The largest absolute Gasteiger partial charge is 0.507 e. The van der Waals surface area contributed by atoms with Gasteiger partial charge in [0.25, 0.3) is 0 Å². The Kier molecular flexibility index (Phi) is 12.2. The van der Waals surface area contributed by atoms with E-state index in [2.05, 4.69) is 6.07 Å². The van der Waals surface area contributed by atoms with E-state index in [1.165, 1.54) is 4.31 Å². The van der Waals surface area contributed by atoms with Gasteiger partial charge >= 0.3 is 11.3 Å². The lowest BCUT2D eigenvalue weighted by Crippen LogP contribution is -2.35. The van der Waals surface area contributed by atoms with Crippen LogP contribution in [0, 0.1) is 22.7 Å². The molecule has 2 aromatic heterocycles. The highest BCUT2D eigenvalue weighted by atomic mass is 32.2. The minimum Gasteiger partial charge on any atom is -0.507 e. The summed E-state index contributed by atoms with van der Waals surface area (Å²) in [5, 5.41) is 32.5. The van der Waals surface area contributed by atoms with Crippen LogP contribution in [0.4, 0.5) is 11.4 Å². The second-order valence-electron chi connectivity index (χ2n) is 17.4. The van der Waals surface area contributed by atoms with Crippen LogP contribution in [0.1, 0.15) is 148 Å². The number of aromatic hydroxyl groups is 2. The molecule has 10 nitrogen and oxygen atoms in total. The molecule has 2 heterocycles. The number of hydrogen-bond donors (Lipinski definition) is 2. The minimum absolute atomic E-state index is 0.00583. The molecule has 61 heavy (non-hydrogen) atoms. The van der Waals surface area contributed by atoms with Gasteiger partial charge in [-0.2, -0.15) is 5.26 Å². The van der Waals surface area contributed by atoms with E-state index in [0.29, 0.717) is 83.7 Å². The molecule has 4 aliphatic rings. The summed E-state index contributed by atoms with van der Waals surface area (Å²) in [6.07, 6.45) is 19.1. The number of allylic oxidation sites excluding steroid dienone is 2. The fourth-order valence-electron chi connectivity index (χ4n) is 9.85. The Morgan fingerprint density at radius 2 is 1.26 bits per heavy atom. The van der Waals surface area contributed by atoms with Crippen molar-refractivity contribution in [2.24, 2.45) is 11.3 Å². The lowest BCUT2D eigenvalue weighted by atomic mass is 9.83. The Balaban J connectivity index is 1.26. The predicted molar refractivity (Wildman–Crippen MR) is 236 cm³/mol. The van der Waals surface area contributed by atoms with Crippen molar-refractivity contribution < 1.29 is 27.5 Å². The molecule has 4 aromatic rings. The Hall–Kier alpha value is -5.34. The van der Waals surface area contributed by atoms with E-state index < -0.39 is 43.8 Å². The van der Waals surface area contributed by atoms with Crippen molar-refractivity contribution >= 4 is 21.4 Å². The van der Waals surface area contributed by atoms with Crippen LogP contribution in [0.15, 0.2) is 91.3 Å². The average Bonchev–Trinajstić information content (AvgIpc) is 4.08. The molecule has 0 spiro atoms. The van der Waals surface area contributed by atoms with Crippen LogP contribution in [0.3, 0.4) is 0 Å². The zero-order valence-electron chi connectivity index (χ0n) is 35.2. The van der Waals surface area contributed by atoms with E-state index in [-0.39, 0.29) is 28.5 Å². The third-order valence-corrected chi connectivity index (χ3v) is 15.4. The molecule has 1 saturated carbocycles. The fourth-order valence-corrected chi connectivity index (χ4v) is 11.5. The fraction of sp³-hybridized carbons (Fsp3) is 0.460. The first-order valence-corrected chi connectivity index (χ1v) is 23.8. The first-order valence-electron chi connectivity index (χ1n) is 22.3. The summed E-state index contributed by atoms with van der Waals surface area (Å²) in [5.74, 6) is -0.0180. The summed E-state index contributed by atoms with van der Waals surface area (Å²) >= 11 is 0. The Morgan fingerprint density at radius 1 is 0.754 bits per heavy atom. The summed E-state index contributed by atoms with van der Waals surface area (Å²) in [4.78, 5) is 27.6. The summed E-state index contributed by atoms with van der Waals surface area (Å²) in [6, 6.07) is 16.5.